The van der Waals surface area contributed by atoms with Gasteiger partial charge < -0.3 is 5.32 Å². The van der Waals surface area contributed by atoms with Crippen LogP contribution in [0.2, 0.25) is 0 Å². The topological polar surface area (TPSA) is 29.9 Å². The SMILES string of the molecule is C/C=C/CCNCc1ccn(C2CCCCC2)n1. The fourth-order valence-corrected chi connectivity index (χ4v) is 2.59. The highest BCUT2D eigenvalue weighted by Crippen LogP contribution is 2.27. The van der Waals surface area contributed by atoms with Crippen molar-refractivity contribution in [3.8, 4) is 0 Å². The maximum absolute atomic E-state index is 4.69. The van der Waals surface area contributed by atoms with Crippen molar-refractivity contribution in [2.24, 2.45) is 0 Å². The van der Waals surface area contributed by atoms with E-state index < -0.39 is 0 Å². The number of aromatic nitrogens is 2. The minimum atomic E-state index is 0.649. The number of nitrogens with zero attached hydrogens (tertiary/aromatic N) is 2. The zero-order valence-electron chi connectivity index (χ0n) is 11.4. The third-order valence-electron chi connectivity index (χ3n) is 3.64. The summed E-state index contributed by atoms with van der Waals surface area (Å²) < 4.78 is 2.18. The van der Waals surface area contributed by atoms with Crippen LogP contribution in [0.25, 0.3) is 0 Å². The third-order valence-corrected chi connectivity index (χ3v) is 3.64. The lowest BCUT2D eigenvalue weighted by Crippen LogP contribution is -2.16. The molecule has 1 heterocycles. The lowest BCUT2D eigenvalue weighted by Gasteiger charge is -2.21. The lowest BCUT2D eigenvalue weighted by atomic mass is 9.96. The van der Waals surface area contributed by atoms with E-state index in [1.165, 1.54) is 37.8 Å². The van der Waals surface area contributed by atoms with E-state index in [1.54, 1.807) is 0 Å². The van der Waals surface area contributed by atoms with Crippen LogP contribution < -0.4 is 5.32 Å². The Balaban J connectivity index is 1.75. The first-order valence-electron chi connectivity index (χ1n) is 7.26. The van der Waals surface area contributed by atoms with Crippen molar-refractivity contribution in [1.29, 1.82) is 0 Å². The highest BCUT2D eigenvalue weighted by Gasteiger charge is 2.15. The van der Waals surface area contributed by atoms with Gasteiger partial charge in [-0.3, -0.25) is 4.68 Å². The summed E-state index contributed by atoms with van der Waals surface area (Å²) in [7, 11) is 0. The summed E-state index contributed by atoms with van der Waals surface area (Å²) in [5.74, 6) is 0. The van der Waals surface area contributed by atoms with E-state index in [-0.39, 0.29) is 0 Å². The highest BCUT2D eigenvalue weighted by atomic mass is 15.3. The summed E-state index contributed by atoms with van der Waals surface area (Å²) in [5, 5.41) is 8.11. The fourth-order valence-electron chi connectivity index (χ4n) is 2.59. The van der Waals surface area contributed by atoms with E-state index in [1.807, 2.05) is 0 Å². The molecule has 1 aliphatic rings. The fraction of sp³-hybridized carbons (Fsp3) is 0.667. The van der Waals surface area contributed by atoms with Gasteiger partial charge >= 0.3 is 0 Å². The molecule has 1 fully saturated rings. The molecule has 3 nitrogen and oxygen atoms in total. The van der Waals surface area contributed by atoms with Gasteiger partial charge in [-0.15, -0.1) is 0 Å². The Morgan fingerprint density at radius 2 is 2.22 bits per heavy atom. The van der Waals surface area contributed by atoms with Crippen LogP contribution in [0.1, 0.15) is 57.2 Å². The van der Waals surface area contributed by atoms with Crippen LogP contribution in [0.4, 0.5) is 0 Å². The molecule has 1 N–H and O–H groups in total. The van der Waals surface area contributed by atoms with Crippen molar-refractivity contribution < 1.29 is 0 Å². The Morgan fingerprint density at radius 3 is 3.00 bits per heavy atom. The largest absolute Gasteiger partial charge is 0.311 e. The number of nitrogens with one attached hydrogen (secondary N) is 1. The molecule has 0 amide bonds. The van der Waals surface area contributed by atoms with Crippen molar-refractivity contribution in [3.63, 3.8) is 0 Å². The summed E-state index contributed by atoms with van der Waals surface area (Å²) in [6.45, 7) is 3.98. The van der Waals surface area contributed by atoms with Crippen LogP contribution in [0.5, 0.6) is 0 Å². The van der Waals surface area contributed by atoms with Gasteiger partial charge in [0.05, 0.1) is 11.7 Å². The average molecular weight is 247 g/mol. The second-order valence-corrected chi connectivity index (χ2v) is 5.11. The second kappa shape index (κ2) is 7.37. The van der Waals surface area contributed by atoms with Crippen molar-refractivity contribution in [2.75, 3.05) is 6.54 Å². The molecule has 0 radical (unpaired) electrons. The maximum Gasteiger partial charge on any atom is 0.0762 e. The van der Waals surface area contributed by atoms with Crippen LogP contribution in [0.3, 0.4) is 0 Å². The van der Waals surface area contributed by atoms with E-state index in [4.69, 9.17) is 0 Å². The van der Waals surface area contributed by atoms with Crippen molar-refractivity contribution in [2.45, 2.75) is 58.0 Å². The summed E-state index contributed by atoms with van der Waals surface area (Å²) in [6, 6.07) is 2.80. The first-order chi connectivity index (χ1) is 8.90. The summed E-state index contributed by atoms with van der Waals surface area (Å²) in [6.07, 6.45) is 14.3. The van der Waals surface area contributed by atoms with E-state index in [2.05, 4.69) is 46.4 Å². The number of rotatable bonds is 6. The minimum Gasteiger partial charge on any atom is -0.311 e. The number of allylic oxidation sites excluding steroid dienone is 1. The van der Waals surface area contributed by atoms with Gasteiger partial charge in [-0.2, -0.15) is 5.10 Å². The molecule has 3 heteroatoms. The number of hydrogen-bond donors (Lipinski definition) is 1. The Bertz CT molecular complexity index is 362. The Hall–Kier alpha value is -1.09. The quantitative estimate of drug-likeness (QED) is 0.616. The summed E-state index contributed by atoms with van der Waals surface area (Å²) in [4.78, 5) is 0. The summed E-state index contributed by atoms with van der Waals surface area (Å²) >= 11 is 0. The highest BCUT2D eigenvalue weighted by molar-refractivity contribution is 4.99. The average Bonchev–Trinajstić information content (AvgIpc) is 2.88. The molecule has 18 heavy (non-hydrogen) atoms. The number of hydrogen-bond acceptors (Lipinski definition) is 2. The van der Waals surface area contributed by atoms with Crippen LogP contribution in [-0.4, -0.2) is 16.3 Å². The van der Waals surface area contributed by atoms with Gasteiger partial charge in [0, 0.05) is 12.7 Å². The van der Waals surface area contributed by atoms with E-state index in [0.717, 1.165) is 19.5 Å². The predicted octanol–water partition coefficient (Wildman–Crippen LogP) is 3.44. The minimum absolute atomic E-state index is 0.649. The zero-order chi connectivity index (χ0) is 12.6. The summed E-state index contributed by atoms with van der Waals surface area (Å²) in [5.41, 5.74) is 1.17. The molecule has 0 aliphatic heterocycles. The molecular formula is C15H25N3. The third kappa shape index (κ3) is 3.98. The van der Waals surface area contributed by atoms with Crippen molar-refractivity contribution in [1.82, 2.24) is 15.1 Å². The molecule has 0 atom stereocenters. The van der Waals surface area contributed by atoms with Gasteiger partial charge in [0.2, 0.25) is 0 Å². The zero-order valence-corrected chi connectivity index (χ0v) is 11.4. The molecule has 1 aliphatic carbocycles. The van der Waals surface area contributed by atoms with Crippen molar-refractivity contribution in [3.05, 3.63) is 30.1 Å². The van der Waals surface area contributed by atoms with Crippen LogP contribution in [0.15, 0.2) is 24.4 Å². The van der Waals surface area contributed by atoms with E-state index in [9.17, 15) is 0 Å². The smallest absolute Gasteiger partial charge is 0.0762 e. The normalized spacial score (nSPS) is 17.6. The standard InChI is InChI=1S/C15H25N3/c1-2-3-7-11-16-13-14-10-12-18(17-14)15-8-5-4-6-9-15/h2-3,10,12,15-16H,4-9,11,13H2,1H3/b3-2+. The second-order valence-electron chi connectivity index (χ2n) is 5.11. The Kier molecular flexibility index (Phi) is 5.46. The molecule has 100 valence electrons. The van der Waals surface area contributed by atoms with Gasteiger partial charge in [0.15, 0.2) is 0 Å². The van der Waals surface area contributed by atoms with Gasteiger partial charge in [-0.25, -0.2) is 0 Å². The van der Waals surface area contributed by atoms with Crippen molar-refractivity contribution >= 4 is 0 Å². The van der Waals surface area contributed by atoms with Gasteiger partial charge in [-0.1, -0.05) is 31.4 Å². The van der Waals surface area contributed by atoms with Crippen LogP contribution in [-0.2, 0) is 6.54 Å². The predicted molar refractivity (Wildman–Crippen MR) is 75.5 cm³/mol. The van der Waals surface area contributed by atoms with Gasteiger partial charge in [0.25, 0.3) is 0 Å². The molecule has 0 aromatic carbocycles. The first kappa shape index (κ1) is 13.3. The Labute approximate surface area is 110 Å². The van der Waals surface area contributed by atoms with Crippen LogP contribution >= 0.6 is 0 Å². The lowest BCUT2D eigenvalue weighted by molar-refractivity contribution is 0.327. The molecule has 1 saturated carbocycles. The molecule has 0 unspecified atom stereocenters. The monoisotopic (exact) mass is 247 g/mol. The molecule has 2 rings (SSSR count). The molecule has 0 bridgehead atoms. The molecule has 0 saturated heterocycles. The molecular weight excluding hydrogens is 222 g/mol. The van der Waals surface area contributed by atoms with Gasteiger partial charge in [-0.05, 0) is 38.8 Å². The molecule has 1 aromatic heterocycles. The van der Waals surface area contributed by atoms with E-state index >= 15 is 0 Å². The molecule has 1 aromatic rings. The van der Waals surface area contributed by atoms with E-state index in [0.29, 0.717) is 6.04 Å². The van der Waals surface area contributed by atoms with Crippen LogP contribution in [0, 0.1) is 0 Å². The Morgan fingerprint density at radius 1 is 1.39 bits per heavy atom. The van der Waals surface area contributed by atoms with Gasteiger partial charge in [0.1, 0.15) is 0 Å². The maximum atomic E-state index is 4.69. The first-order valence-corrected chi connectivity index (χ1v) is 7.26. The molecule has 0 spiro atoms.